The average Bonchev–Trinajstić information content (AvgIpc) is 2.38. The van der Waals surface area contributed by atoms with Gasteiger partial charge in [0.2, 0.25) is 0 Å². The van der Waals surface area contributed by atoms with E-state index in [1.54, 1.807) is 38.3 Å². The lowest BCUT2D eigenvalue weighted by molar-refractivity contribution is 0.102. The normalized spacial score (nSPS) is 10.0. The van der Waals surface area contributed by atoms with Crippen molar-refractivity contribution in [3.8, 4) is 5.75 Å². The van der Waals surface area contributed by atoms with Crippen LogP contribution in [-0.2, 0) is 0 Å². The van der Waals surface area contributed by atoms with Gasteiger partial charge in [-0.15, -0.1) is 0 Å². The van der Waals surface area contributed by atoms with Crippen LogP contribution >= 0.6 is 0 Å². The van der Waals surface area contributed by atoms with Crippen molar-refractivity contribution in [3.05, 3.63) is 58.0 Å². The third-order valence-electron chi connectivity index (χ3n) is 2.63. The molecule has 0 aliphatic heterocycles. The second-order valence-corrected chi connectivity index (χ2v) is 4.08. The number of rotatable bonds is 3. The number of aromatic nitrogens is 1. The first-order valence-electron chi connectivity index (χ1n) is 5.75. The summed E-state index contributed by atoms with van der Waals surface area (Å²) >= 11 is 0. The van der Waals surface area contributed by atoms with Crippen LogP contribution in [0.4, 0.5) is 5.69 Å². The Balaban J connectivity index is 2.23. The Morgan fingerprint density at radius 3 is 2.79 bits per heavy atom. The van der Waals surface area contributed by atoms with Crippen LogP contribution in [0.2, 0.25) is 0 Å². The number of aromatic amines is 1. The van der Waals surface area contributed by atoms with Gasteiger partial charge in [-0.2, -0.15) is 0 Å². The van der Waals surface area contributed by atoms with E-state index in [2.05, 4.69) is 10.3 Å². The summed E-state index contributed by atoms with van der Waals surface area (Å²) in [7, 11) is 1.55. The number of amides is 1. The van der Waals surface area contributed by atoms with Crippen molar-refractivity contribution in [2.45, 2.75) is 6.92 Å². The molecule has 1 aromatic heterocycles. The van der Waals surface area contributed by atoms with Crippen molar-refractivity contribution >= 4 is 11.6 Å². The Labute approximate surface area is 110 Å². The Kier molecular flexibility index (Phi) is 3.66. The van der Waals surface area contributed by atoms with Crippen LogP contribution < -0.4 is 15.5 Å². The molecule has 0 radical (unpaired) electrons. The van der Waals surface area contributed by atoms with E-state index in [9.17, 15) is 9.59 Å². The van der Waals surface area contributed by atoms with Gasteiger partial charge in [-0.3, -0.25) is 9.59 Å². The minimum atomic E-state index is -0.450. The summed E-state index contributed by atoms with van der Waals surface area (Å²) in [6, 6.07) is 8.33. The zero-order valence-corrected chi connectivity index (χ0v) is 10.7. The van der Waals surface area contributed by atoms with Crippen LogP contribution in [0, 0.1) is 6.92 Å². The molecule has 0 atom stereocenters. The second-order valence-electron chi connectivity index (χ2n) is 4.08. The maximum absolute atomic E-state index is 12.0. The molecule has 0 fully saturated rings. The van der Waals surface area contributed by atoms with Gasteiger partial charge in [0.15, 0.2) is 5.43 Å². The van der Waals surface area contributed by atoms with Crippen LogP contribution in [0.25, 0.3) is 0 Å². The fourth-order valence-electron chi connectivity index (χ4n) is 1.65. The molecule has 1 heterocycles. The van der Waals surface area contributed by atoms with Gasteiger partial charge in [-0.25, -0.2) is 0 Å². The zero-order valence-electron chi connectivity index (χ0n) is 10.7. The van der Waals surface area contributed by atoms with Gasteiger partial charge >= 0.3 is 0 Å². The fraction of sp³-hybridized carbons (Fsp3) is 0.143. The third-order valence-corrected chi connectivity index (χ3v) is 2.63. The lowest BCUT2D eigenvalue weighted by Crippen LogP contribution is -2.21. The summed E-state index contributed by atoms with van der Waals surface area (Å²) in [4.78, 5) is 26.5. The first-order valence-corrected chi connectivity index (χ1v) is 5.75. The monoisotopic (exact) mass is 258 g/mol. The van der Waals surface area contributed by atoms with Crippen LogP contribution in [-0.4, -0.2) is 18.0 Å². The molecule has 2 N–H and O–H groups in total. The summed E-state index contributed by atoms with van der Waals surface area (Å²) in [5.41, 5.74) is 1.05. The third kappa shape index (κ3) is 3.01. The van der Waals surface area contributed by atoms with Gasteiger partial charge in [0.25, 0.3) is 5.91 Å². The Hall–Kier alpha value is -2.56. The quantitative estimate of drug-likeness (QED) is 0.883. The number of carbonyl (C=O) groups excluding carboxylic acids is 1. The molecule has 0 unspecified atom stereocenters. The number of aryl methyl sites for hydroxylation is 1. The Bertz CT molecular complexity index is 662. The van der Waals surface area contributed by atoms with E-state index < -0.39 is 5.91 Å². The molecule has 1 aromatic carbocycles. The highest BCUT2D eigenvalue weighted by Crippen LogP contribution is 2.17. The number of carbonyl (C=O) groups is 1. The molecule has 1 amide bonds. The van der Waals surface area contributed by atoms with Crippen molar-refractivity contribution in [3.63, 3.8) is 0 Å². The van der Waals surface area contributed by atoms with Crippen molar-refractivity contribution in [2.75, 3.05) is 12.4 Å². The highest BCUT2D eigenvalue weighted by Gasteiger charge is 2.10. The fourth-order valence-corrected chi connectivity index (χ4v) is 1.65. The lowest BCUT2D eigenvalue weighted by atomic mass is 10.2. The SMILES string of the molecule is COc1cccc(NC(=O)c2c[nH]c(C)cc2=O)c1. The average molecular weight is 258 g/mol. The van der Waals surface area contributed by atoms with Crippen LogP contribution in [0.1, 0.15) is 16.1 Å². The van der Waals surface area contributed by atoms with Gasteiger partial charge in [0, 0.05) is 29.7 Å². The summed E-state index contributed by atoms with van der Waals surface area (Å²) < 4.78 is 5.06. The van der Waals surface area contributed by atoms with E-state index in [1.165, 1.54) is 12.3 Å². The number of methoxy groups -OCH3 is 1. The molecular formula is C14H14N2O3. The number of ether oxygens (including phenoxy) is 1. The molecule has 2 rings (SSSR count). The first-order chi connectivity index (χ1) is 9.10. The van der Waals surface area contributed by atoms with Gasteiger partial charge in [-0.1, -0.05) is 6.07 Å². The van der Waals surface area contributed by atoms with Crippen LogP contribution in [0.5, 0.6) is 5.75 Å². The standard InChI is InChI=1S/C14H14N2O3/c1-9-6-13(17)12(8-15-9)14(18)16-10-4-3-5-11(7-10)19-2/h3-8H,1-2H3,(H,15,17)(H,16,18). The molecule has 0 spiro atoms. The molecule has 5 heteroatoms. The van der Waals surface area contributed by atoms with E-state index in [4.69, 9.17) is 4.74 Å². The van der Waals surface area contributed by atoms with E-state index in [0.29, 0.717) is 17.1 Å². The first kappa shape index (κ1) is 12.9. The molecule has 19 heavy (non-hydrogen) atoms. The minimum Gasteiger partial charge on any atom is -0.497 e. The highest BCUT2D eigenvalue weighted by molar-refractivity contribution is 6.04. The van der Waals surface area contributed by atoms with Gasteiger partial charge in [-0.05, 0) is 19.1 Å². The highest BCUT2D eigenvalue weighted by atomic mass is 16.5. The van der Waals surface area contributed by atoms with E-state index in [-0.39, 0.29) is 11.0 Å². The van der Waals surface area contributed by atoms with Crippen molar-refractivity contribution < 1.29 is 9.53 Å². The molecule has 0 saturated heterocycles. The van der Waals surface area contributed by atoms with E-state index >= 15 is 0 Å². The molecule has 0 aliphatic rings. The molecule has 98 valence electrons. The van der Waals surface area contributed by atoms with E-state index in [0.717, 1.165) is 0 Å². The number of anilines is 1. The molecule has 2 aromatic rings. The van der Waals surface area contributed by atoms with Gasteiger partial charge < -0.3 is 15.0 Å². The molecule has 0 aliphatic carbocycles. The summed E-state index contributed by atoms with van der Waals surface area (Å²) in [6.07, 6.45) is 1.41. The van der Waals surface area contributed by atoms with Gasteiger partial charge in [0.05, 0.1) is 7.11 Å². The summed E-state index contributed by atoms with van der Waals surface area (Å²) in [6.45, 7) is 1.76. The van der Waals surface area contributed by atoms with Crippen LogP contribution in [0.15, 0.2) is 41.3 Å². The number of hydrogen-bond acceptors (Lipinski definition) is 3. The topological polar surface area (TPSA) is 71.2 Å². The van der Waals surface area contributed by atoms with Crippen LogP contribution in [0.3, 0.4) is 0 Å². The molecule has 0 bridgehead atoms. The van der Waals surface area contributed by atoms with Crippen molar-refractivity contribution in [1.29, 1.82) is 0 Å². The molecule has 5 nitrogen and oxygen atoms in total. The molecular weight excluding hydrogens is 244 g/mol. The smallest absolute Gasteiger partial charge is 0.261 e. The number of benzene rings is 1. The molecule has 0 saturated carbocycles. The predicted molar refractivity (Wildman–Crippen MR) is 72.7 cm³/mol. The van der Waals surface area contributed by atoms with E-state index in [1.807, 2.05) is 0 Å². The number of hydrogen-bond donors (Lipinski definition) is 2. The van der Waals surface area contributed by atoms with Crippen molar-refractivity contribution in [2.24, 2.45) is 0 Å². The predicted octanol–water partition coefficient (Wildman–Crippen LogP) is 1.94. The number of nitrogens with one attached hydrogen (secondary N) is 2. The lowest BCUT2D eigenvalue weighted by Gasteiger charge is -2.06. The summed E-state index contributed by atoms with van der Waals surface area (Å²) in [5.74, 6) is 0.185. The number of H-pyrrole nitrogens is 1. The Morgan fingerprint density at radius 1 is 1.32 bits per heavy atom. The Morgan fingerprint density at radius 2 is 2.11 bits per heavy atom. The second kappa shape index (κ2) is 5.39. The maximum atomic E-state index is 12.0. The zero-order chi connectivity index (χ0) is 13.8. The minimum absolute atomic E-state index is 0.0772. The maximum Gasteiger partial charge on any atom is 0.261 e. The largest absolute Gasteiger partial charge is 0.497 e. The van der Waals surface area contributed by atoms with Gasteiger partial charge in [0.1, 0.15) is 11.3 Å². The number of pyridine rings is 1. The van der Waals surface area contributed by atoms with Crippen molar-refractivity contribution in [1.82, 2.24) is 4.98 Å². The summed E-state index contributed by atoms with van der Waals surface area (Å²) in [5, 5.41) is 2.65.